The van der Waals surface area contributed by atoms with E-state index in [9.17, 15) is 0 Å². The van der Waals surface area contributed by atoms with Crippen LogP contribution in [0.1, 0.15) is 0 Å². The zero-order chi connectivity index (χ0) is 19.6. The van der Waals surface area contributed by atoms with E-state index >= 15 is 0 Å². The normalized spacial score (nSPS) is 10.9. The van der Waals surface area contributed by atoms with Gasteiger partial charge >= 0.3 is 0 Å². The topological polar surface area (TPSA) is 52.3 Å². The van der Waals surface area contributed by atoms with Gasteiger partial charge in [-0.1, -0.05) is 54.6 Å². The molecule has 0 aliphatic heterocycles. The lowest BCUT2D eigenvalue weighted by atomic mass is 10.0. The average molecular weight is 378 g/mol. The van der Waals surface area contributed by atoms with E-state index in [0.717, 1.165) is 22.6 Å². The predicted molar refractivity (Wildman–Crippen MR) is 114 cm³/mol. The van der Waals surface area contributed by atoms with Gasteiger partial charge in [0.05, 0.1) is 12.8 Å². The molecule has 140 valence electrons. The van der Waals surface area contributed by atoms with Crippen molar-refractivity contribution in [2.24, 2.45) is 0 Å². The molecule has 29 heavy (non-hydrogen) atoms. The largest absolute Gasteiger partial charge is 0.497 e. The van der Waals surface area contributed by atoms with Gasteiger partial charge in [0.15, 0.2) is 5.82 Å². The van der Waals surface area contributed by atoms with Crippen LogP contribution in [0.3, 0.4) is 0 Å². The molecule has 0 unspecified atom stereocenters. The highest BCUT2D eigenvalue weighted by atomic mass is 16.5. The number of ether oxygens (including phenoxy) is 1. The Labute approximate surface area is 168 Å². The molecule has 0 saturated heterocycles. The van der Waals surface area contributed by atoms with Crippen molar-refractivity contribution in [2.75, 3.05) is 7.11 Å². The maximum absolute atomic E-state index is 5.22. The van der Waals surface area contributed by atoms with Crippen molar-refractivity contribution in [3.8, 4) is 39.5 Å². The van der Waals surface area contributed by atoms with E-state index in [0.29, 0.717) is 11.6 Å². The first-order valence-electron chi connectivity index (χ1n) is 9.34. The summed E-state index contributed by atoms with van der Waals surface area (Å²) >= 11 is 0. The molecule has 5 heteroatoms. The van der Waals surface area contributed by atoms with Gasteiger partial charge in [0.1, 0.15) is 5.75 Å². The third kappa shape index (κ3) is 3.23. The number of benzene rings is 3. The van der Waals surface area contributed by atoms with E-state index in [-0.39, 0.29) is 0 Å². The van der Waals surface area contributed by atoms with Crippen LogP contribution < -0.4 is 4.74 Å². The molecule has 2 aromatic heterocycles. The van der Waals surface area contributed by atoms with Gasteiger partial charge in [-0.3, -0.25) is 0 Å². The van der Waals surface area contributed by atoms with E-state index in [2.05, 4.69) is 46.4 Å². The van der Waals surface area contributed by atoms with Gasteiger partial charge in [0, 0.05) is 17.3 Å². The number of hydrogen-bond donors (Lipinski definition) is 0. The van der Waals surface area contributed by atoms with Gasteiger partial charge in [-0.2, -0.15) is 9.50 Å². The van der Waals surface area contributed by atoms with Crippen LogP contribution in [0.5, 0.6) is 5.75 Å². The lowest BCUT2D eigenvalue weighted by Crippen LogP contribution is -1.96. The molecule has 0 radical (unpaired) electrons. The lowest BCUT2D eigenvalue weighted by Gasteiger charge is -2.06. The zero-order valence-corrected chi connectivity index (χ0v) is 15.9. The predicted octanol–water partition coefficient (Wildman–Crippen LogP) is 5.13. The Kier molecular flexibility index (Phi) is 4.26. The van der Waals surface area contributed by atoms with Gasteiger partial charge in [0.25, 0.3) is 5.78 Å². The fraction of sp³-hybridized carbons (Fsp3) is 0.0417. The highest BCUT2D eigenvalue weighted by molar-refractivity contribution is 5.70. The summed E-state index contributed by atoms with van der Waals surface area (Å²) in [6.07, 6.45) is 1.77. The molecule has 2 heterocycles. The third-order valence-corrected chi connectivity index (χ3v) is 4.88. The van der Waals surface area contributed by atoms with E-state index in [1.807, 2.05) is 48.5 Å². The molecule has 5 rings (SSSR count). The van der Waals surface area contributed by atoms with E-state index in [4.69, 9.17) is 9.84 Å². The van der Waals surface area contributed by atoms with E-state index in [1.54, 1.807) is 17.8 Å². The Hall–Kier alpha value is -3.99. The molecule has 0 bridgehead atoms. The number of aromatic nitrogens is 4. The molecule has 0 spiro atoms. The van der Waals surface area contributed by atoms with Crippen LogP contribution in [0.2, 0.25) is 0 Å². The summed E-state index contributed by atoms with van der Waals surface area (Å²) in [7, 11) is 1.65. The quantitative estimate of drug-likeness (QED) is 0.435. The second-order valence-electron chi connectivity index (χ2n) is 6.65. The molecule has 0 fully saturated rings. The van der Waals surface area contributed by atoms with Gasteiger partial charge < -0.3 is 4.74 Å². The first-order chi connectivity index (χ1) is 14.3. The van der Waals surface area contributed by atoms with Crippen LogP contribution in [0.15, 0.2) is 91.1 Å². The van der Waals surface area contributed by atoms with Crippen molar-refractivity contribution in [3.63, 3.8) is 0 Å². The molecule has 3 aromatic carbocycles. The Morgan fingerprint density at radius 1 is 0.690 bits per heavy atom. The molecule has 0 aliphatic rings. The summed E-state index contributed by atoms with van der Waals surface area (Å²) in [5.41, 5.74) is 5.30. The molecular formula is C24H18N4O. The Balaban J connectivity index is 1.54. The van der Waals surface area contributed by atoms with Crippen molar-refractivity contribution >= 4 is 5.78 Å². The van der Waals surface area contributed by atoms with Crippen LogP contribution in [0.25, 0.3) is 39.5 Å². The van der Waals surface area contributed by atoms with E-state index < -0.39 is 0 Å². The summed E-state index contributed by atoms with van der Waals surface area (Å²) in [4.78, 5) is 8.97. The number of hydrogen-bond acceptors (Lipinski definition) is 4. The fourth-order valence-corrected chi connectivity index (χ4v) is 3.34. The standard InChI is InChI=1S/C24H18N4O/c1-29-21-13-11-20(12-14-21)23-26-24-25-16-15-22(28(24)27-23)19-9-7-18(8-10-19)17-5-3-2-4-6-17/h2-16H,1H3. The van der Waals surface area contributed by atoms with Crippen LogP contribution in [0.4, 0.5) is 0 Å². The molecule has 0 amide bonds. The number of methoxy groups -OCH3 is 1. The maximum atomic E-state index is 5.22. The monoisotopic (exact) mass is 378 g/mol. The molecule has 0 saturated carbocycles. The first-order valence-corrected chi connectivity index (χ1v) is 9.34. The van der Waals surface area contributed by atoms with Crippen LogP contribution in [0, 0.1) is 0 Å². The van der Waals surface area contributed by atoms with Crippen LogP contribution in [-0.2, 0) is 0 Å². The SMILES string of the molecule is COc1ccc(-c2nc3nccc(-c4ccc(-c5ccccc5)cc4)n3n2)cc1. The second kappa shape index (κ2) is 7.20. The number of rotatable bonds is 4. The maximum Gasteiger partial charge on any atom is 0.253 e. The lowest BCUT2D eigenvalue weighted by molar-refractivity contribution is 0.415. The first kappa shape index (κ1) is 17.1. The minimum Gasteiger partial charge on any atom is -0.497 e. The van der Waals surface area contributed by atoms with Gasteiger partial charge in [-0.15, -0.1) is 5.10 Å². The molecule has 5 nitrogen and oxygen atoms in total. The number of nitrogens with zero attached hydrogens (tertiary/aromatic N) is 4. The summed E-state index contributed by atoms with van der Waals surface area (Å²) < 4.78 is 7.01. The minimum absolute atomic E-state index is 0.570. The zero-order valence-electron chi connectivity index (χ0n) is 15.9. The van der Waals surface area contributed by atoms with E-state index in [1.165, 1.54) is 11.1 Å². The fourth-order valence-electron chi connectivity index (χ4n) is 3.34. The van der Waals surface area contributed by atoms with Gasteiger partial charge in [-0.25, -0.2) is 4.98 Å². The average Bonchev–Trinajstić information content (AvgIpc) is 3.24. The molecule has 0 atom stereocenters. The summed E-state index contributed by atoms with van der Waals surface area (Å²) in [5, 5.41) is 4.70. The van der Waals surface area contributed by atoms with Crippen molar-refractivity contribution in [1.29, 1.82) is 0 Å². The highest BCUT2D eigenvalue weighted by Crippen LogP contribution is 2.26. The van der Waals surface area contributed by atoms with Crippen LogP contribution in [-0.4, -0.2) is 26.7 Å². The van der Waals surface area contributed by atoms with Crippen molar-refractivity contribution in [2.45, 2.75) is 0 Å². The number of fused-ring (bicyclic) bond motifs is 1. The van der Waals surface area contributed by atoms with Crippen molar-refractivity contribution < 1.29 is 4.74 Å². The molecule has 0 N–H and O–H groups in total. The second-order valence-corrected chi connectivity index (χ2v) is 6.65. The Bertz CT molecular complexity index is 1260. The molecule has 0 aliphatic carbocycles. The van der Waals surface area contributed by atoms with Crippen molar-refractivity contribution in [1.82, 2.24) is 19.6 Å². The van der Waals surface area contributed by atoms with Gasteiger partial charge in [-0.05, 0) is 41.5 Å². The highest BCUT2D eigenvalue weighted by Gasteiger charge is 2.12. The van der Waals surface area contributed by atoms with Crippen LogP contribution >= 0.6 is 0 Å². The summed E-state index contributed by atoms with van der Waals surface area (Å²) in [5.74, 6) is 2.00. The Morgan fingerprint density at radius 3 is 2.07 bits per heavy atom. The summed E-state index contributed by atoms with van der Waals surface area (Å²) in [6, 6.07) is 28.4. The molecular weight excluding hydrogens is 360 g/mol. The smallest absolute Gasteiger partial charge is 0.253 e. The minimum atomic E-state index is 0.570. The van der Waals surface area contributed by atoms with Crippen molar-refractivity contribution in [3.05, 3.63) is 91.1 Å². The Morgan fingerprint density at radius 2 is 1.34 bits per heavy atom. The third-order valence-electron chi connectivity index (χ3n) is 4.88. The van der Waals surface area contributed by atoms with Gasteiger partial charge in [0.2, 0.25) is 0 Å². The summed E-state index contributed by atoms with van der Waals surface area (Å²) in [6.45, 7) is 0. The molecule has 5 aromatic rings.